The highest BCUT2D eigenvalue weighted by molar-refractivity contribution is 6.30. The summed E-state index contributed by atoms with van der Waals surface area (Å²) in [7, 11) is 0. The van der Waals surface area contributed by atoms with Gasteiger partial charge in [-0.05, 0) is 56.0 Å². The van der Waals surface area contributed by atoms with Crippen LogP contribution in [0, 0.1) is 0 Å². The van der Waals surface area contributed by atoms with Gasteiger partial charge in [0.25, 0.3) is 0 Å². The van der Waals surface area contributed by atoms with Gasteiger partial charge < -0.3 is 10.1 Å². The molecule has 1 amide bonds. The van der Waals surface area contributed by atoms with Gasteiger partial charge in [0, 0.05) is 29.0 Å². The van der Waals surface area contributed by atoms with E-state index in [1.165, 1.54) is 12.5 Å². The average Bonchev–Trinajstić information content (AvgIpc) is 3.45. The minimum Gasteiger partial charge on any atom is -0.494 e. The molecule has 1 N–H and O–H groups in total. The number of amides is 1. The van der Waals surface area contributed by atoms with Crippen LogP contribution in [0.4, 0.5) is 0 Å². The van der Waals surface area contributed by atoms with Gasteiger partial charge >= 0.3 is 0 Å². The summed E-state index contributed by atoms with van der Waals surface area (Å²) in [5.74, 6) is 0.702. The normalized spacial score (nSPS) is 14.4. The Kier molecular flexibility index (Phi) is 6.17. The first kappa shape index (κ1) is 19.4. The third kappa shape index (κ3) is 5.33. The zero-order chi connectivity index (χ0) is 19.3. The molecule has 2 aromatic carbocycles. The van der Waals surface area contributed by atoms with E-state index < -0.39 is 0 Å². The number of Topliss-reactive ketones (excluding diaryl/α,β-unsaturated/α-hetero) is 1. The predicted octanol–water partition coefficient (Wildman–Crippen LogP) is 4.55. The van der Waals surface area contributed by atoms with Crippen LogP contribution in [-0.4, -0.2) is 24.8 Å². The average molecular weight is 386 g/mol. The van der Waals surface area contributed by atoms with Crippen LogP contribution < -0.4 is 10.1 Å². The van der Waals surface area contributed by atoms with Crippen LogP contribution in [0.3, 0.4) is 0 Å². The lowest BCUT2D eigenvalue weighted by atomic mass is 9.96. The molecule has 0 aromatic heterocycles. The third-order valence-corrected chi connectivity index (χ3v) is 5.24. The van der Waals surface area contributed by atoms with E-state index in [1.54, 1.807) is 18.2 Å². The number of benzene rings is 2. The molecule has 1 aliphatic carbocycles. The molecule has 4 nitrogen and oxygen atoms in total. The molecule has 2 aromatic rings. The van der Waals surface area contributed by atoms with Gasteiger partial charge in [-0.25, -0.2) is 0 Å². The molecule has 142 valence electrons. The maximum Gasteiger partial charge on any atom is 0.220 e. The number of halogens is 1. The quantitative estimate of drug-likeness (QED) is 0.509. The Balaban J connectivity index is 1.38. The molecule has 27 heavy (non-hydrogen) atoms. The Hall–Kier alpha value is -2.33. The van der Waals surface area contributed by atoms with Crippen LogP contribution in [0.5, 0.6) is 5.75 Å². The van der Waals surface area contributed by atoms with Crippen molar-refractivity contribution in [3.63, 3.8) is 0 Å². The maximum absolute atomic E-state index is 12.1. The highest BCUT2D eigenvalue weighted by Gasteiger charge is 2.44. The lowest BCUT2D eigenvalue weighted by Crippen LogP contribution is -2.32. The molecular formula is C22H24ClNO3. The van der Waals surface area contributed by atoms with Crippen LogP contribution in [0.2, 0.25) is 5.02 Å². The lowest BCUT2D eigenvalue weighted by Gasteiger charge is -2.17. The molecule has 0 heterocycles. The van der Waals surface area contributed by atoms with Gasteiger partial charge in [0.15, 0.2) is 5.78 Å². The predicted molar refractivity (Wildman–Crippen MR) is 107 cm³/mol. The fourth-order valence-corrected chi connectivity index (χ4v) is 3.23. The van der Waals surface area contributed by atoms with E-state index in [4.69, 9.17) is 16.3 Å². The fraction of sp³-hybridized carbons (Fsp3) is 0.364. The number of rotatable bonds is 9. The highest BCUT2D eigenvalue weighted by Crippen LogP contribution is 2.47. The van der Waals surface area contributed by atoms with Crippen molar-refractivity contribution in [1.82, 2.24) is 5.32 Å². The van der Waals surface area contributed by atoms with E-state index in [0.29, 0.717) is 37.3 Å². The first-order valence-electron chi connectivity index (χ1n) is 9.25. The van der Waals surface area contributed by atoms with Gasteiger partial charge in [-0.15, -0.1) is 0 Å². The highest BCUT2D eigenvalue weighted by atomic mass is 35.5. The second-order valence-corrected chi connectivity index (χ2v) is 7.54. The van der Waals surface area contributed by atoms with E-state index >= 15 is 0 Å². The van der Waals surface area contributed by atoms with Gasteiger partial charge in [-0.3, -0.25) is 9.59 Å². The van der Waals surface area contributed by atoms with Crippen molar-refractivity contribution < 1.29 is 14.3 Å². The van der Waals surface area contributed by atoms with Crippen LogP contribution in [0.1, 0.15) is 48.5 Å². The van der Waals surface area contributed by atoms with E-state index in [9.17, 15) is 9.59 Å². The summed E-state index contributed by atoms with van der Waals surface area (Å²) < 4.78 is 5.64. The molecule has 1 saturated carbocycles. The van der Waals surface area contributed by atoms with Crippen LogP contribution in [0.15, 0.2) is 48.5 Å². The molecule has 0 atom stereocenters. The Morgan fingerprint density at radius 1 is 1.15 bits per heavy atom. The van der Waals surface area contributed by atoms with E-state index in [2.05, 4.69) is 5.32 Å². The van der Waals surface area contributed by atoms with Crippen molar-refractivity contribution in [2.24, 2.45) is 0 Å². The van der Waals surface area contributed by atoms with E-state index in [-0.39, 0.29) is 17.1 Å². The summed E-state index contributed by atoms with van der Waals surface area (Å²) >= 11 is 5.95. The summed E-state index contributed by atoms with van der Waals surface area (Å²) in [5, 5.41) is 3.78. The molecule has 0 radical (unpaired) electrons. The standard InChI is InChI=1S/C22H24ClNO3/c1-16(25)17-4-2-5-20(14-17)27-13-3-6-21(26)24-15-22(11-12-22)18-7-9-19(23)10-8-18/h2,4-5,7-10,14H,3,6,11-13,15H2,1H3,(H,24,26). The zero-order valence-electron chi connectivity index (χ0n) is 15.5. The van der Waals surface area contributed by atoms with Gasteiger partial charge in [0.2, 0.25) is 5.91 Å². The van der Waals surface area contributed by atoms with E-state index in [0.717, 1.165) is 17.9 Å². The smallest absolute Gasteiger partial charge is 0.220 e. The molecule has 0 bridgehead atoms. The molecule has 0 saturated heterocycles. The third-order valence-electron chi connectivity index (χ3n) is 4.99. The Bertz CT molecular complexity index is 813. The van der Waals surface area contributed by atoms with Gasteiger partial charge in [-0.1, -0.05) is 35.9 Å². The maximum atomic E-state index is 12.1. The van der Waals surface area contributed by atoms with Gasteiger partial charge in [0.05, 0.1) is 6.61 Å². The van der Waals surface area contributed by atoms with Crippen LogP contribution in [-0.2, 0) is 10.2 Å². The second-order valence-electron chi connectivity index (χ2n) is 7.10. The SMILES string of the molecule is CC(=O)c1cccc(OCCCC(=O)NCC2(c3ccc(Cl)cc3)CC2)c1. The van der Waals surface area contributed by atoms with Crippen molar-refractivity contribution in [3.8, 4) is 5.75 Å². The summed E-state index contributed by atoms with van der Waals surface area (Å²) in [6, 6.07) is 15.0. The van der Waals surface area contributed by atoms with Crippen molar-refractivity contribution in [2.75, 3.05) is 13.2 Å². The molecular weight excluding hydrogens is 362 g/mol. The number of ether oxygens (including phenoxy) is 1. The van der Waals surface area contributed by atoms with Crippen molar-refractivity contribution in [1.29, 1.82) is 0 Å². The lowest BCUT2D eigenvalue weighted by molar-refractivity contribution is -0.121. The monoisotopic (exact) mass is 385 g/mol. The number of carbonyl (C=O) groups is 2. The number of ketones is 1. The Labute approximate surface area is 164 Å². The van der Waals surface area contributed by atoms with E-state index in [1.807, 2.05) is 30.3 Å². The summed E-state index contributed by atoms with van der Waals surface area (Å²) in [5.41, 5.74) is 1.94. The zero-order valence-corrected chi connectivity index (χ0v) is 16.2. The molecule has 1 fully saturated rings. The molecule has 5 heteroatoms. The summed E-state index contributed by atoms with van der Waals surface area (Å²) in [6.07, 6.45) is 3.22. The first-order valence-corrected chi connectivity index (χ1v) is 9.63. The van der Waals surface area contributed by atoms with Crippen LogP contribution >= 0.6 is 11.6 Å². The number of hydrogen-bond acceptors (Lipinski definition) is 3. The largest absolute Gasteiger partial charge is 0.494 e. The molecule has 1 aliphatic rings. The minimum atomic E-state index is 0.00882. The molecule has 3 rings (SSSR count). The van der Waals surface area contributed by atoms with Crippen LogP contribution in [0.25, 0.3) is 0 Å². The second kappa shape index (κ2) is 8.57. The molecule has 0 unspecified atom stereocenters. The van der Waals surface area contributed by atoms with Gasteiger partial charge in [0.1, 0.15) is 5.75 Å². The Morgan fingerprint density at radius 2 is 1.89 bits per heavy atom. The van der Waals surface area contributed by atoms with Crippen molar-refractivity contribution in [2.45, 2.75) is 38.0 Å². The number of nitrogens with one attached hydrogen (secondary N) is 1. The number of carbonyl (C=O) groups excluding carboxylic acids is 2. The minimum absolute atomic E-state index is 0.00882. The molecule has 0 aliphatic heterocycles. The first-order chi connectivity index (χ1) is 13.0. The summed E-state index contributed by atoms with van der Waals surface area (Å²) in [6.45, 7) is 2.63. The molecule has 0 spiro atoms. The topological polar surface area (TPSA) is 55.4 Å². The Morgan fingerprint density at radius 3 is 2.56 bits per heavy atom. The van der Waals surface area contributed by atoms with Crippen molar-refractivity contribution in [3.05, 3.63) is 64.7 Å². The fourth-order valence-electron chi connectivity index (χ4n) is 3.11. The van der Waals surface area contributed by atoms with Crippen molar-refractivity contribution >= 4 is 23.3 Å². The number of hydrogen-bond donors (Lipinski definition) is 1. The summed E-state index contributed by atoms with van der Waals surface area (Å²) in [4.78, 5) is 23.5. The van der Waals surface area contributed by atoms with Gasteiger partial charge in [-0.2, -0.15) is 0 Å².